The topological polar surface area (TPSA) is 29.3 Å². The summed E-state index contributed by atoms with van der Waals surface area (Å²) < 4.78 is 13.6. The van der Waals surface area contributed by atoms with E-state index >= 15 is 0 Å². The molecule has 84 valence electrons. The maximum absolute atomic E-state index is 12.8. The second-order valence-electron chi connectivity index (χ2n) is 3.91. The highest BCUT2D eigenvalue weighted by Gasteiger charge is 2.06. The van der Waals surface area contributed by atoms with E-state index in [0.717, 1.165) is 23.1 Å². The molecule has 0 saturated carbocycles. The Labute approximate surface area is 98.4 Å². The normalized spacial score (nSPS) is 13.2. The van der Waals surface area contributed by atoms with Gasteiger partial charge in [-0.25, -0.2) is 4.39 Å². The number of nitrogens with zero attached hydrogens (tertiary/aromatic N) is 1. The van der Waals surface area contributed by atoms with Crippen LogP contribution >= 0.6 is 15.9 Å². The summed E-state index contributed by atoms with van der Waals surface area (Å²) in [6.45, 7) is 3.56. The molecule has 0 aromatic heterocycles. The maximum atomic E-state index is 12.8. The molecule has 0 spiro atoms. The number of nitrogens with two attached hydrogens (primary N) is 1. The Kier molecular flexibility index (Phi) is 4.70. The molecule has 1 aromatic carbocycles. The molecule has 0 radical (unpaired) electrons. The monoisotopic (exact) mass is 274 g/mol. The van der Waals surface area contributed by atoms with Gasteiger partial charge < -0.3 is 10.6 Å². The molecule has 1 atom stereocenters. The van der Waals surface area contributed by atoms with Crippen LogP contribution in [0.5, 0.6) is 0 Å². The van der Waals surface area contributed by atoms with Gasteiger partial charge in [0, 0.05) is 23.6 Å². The Balaban J connectivity index is 2.64. The van der Waals surface area contributed by atoms with Gasteiger partial charge in [0.15, 0.2) is 0 Å². The SMILES string of the molecule is CC(N)CN(C)Cc1ccc(F)cc1Br. The van der Waals surface area contributed by atoms with E-state index in [0.29, 0.717) is 0 Å². The van der Waals surface area contributed by atoms with Crippen molar-refractivity contribution in [3.8, 4) is 0 Å². The first-order valence-corrected chi connectivity index (χ1v) is 5.66. The molecule has 1 unspecified atom stereocenters. The predicted octanol–water partition coefficient (Wildman–Crippen LogP) is 2.37. The van der Waals surface area contributed by atoms with Crippen LogP contribution in [-0.4, -0.2) is 24.5 Å². The molecule has 4 heteroatoms. The smallest absolute Gasteiger partial charge is 0.124 e. The molecule has 0 bridgehead atoms. The molecule has 0 aliphatic carbocycles. The third-order valence-corrected chi connectivity index (χ3v) is 2.79. The molecule has 0 amide bonds. The average Bonchev–Trinajstić information content (AvgIpc) is 2.08. The van der Waals surface area contributed by atoms with Crippen LogP contribution in [0.3, 0.4) is 0 Å². The van der Waals surface area contributed by atoms with Crippen LogP contribution in [0.2, 0.25) is 0 Å². The number of likely N-dealkylation sites (N-methyl/N-ethyl adjacent to an activating group) is 1. The van der Waals surface area contributed by atoms with E-state index < -0.39 is 0 Å². The van der Waals surface area contributed by atoms with E-state index in [1.165, 1.54) is 12.1 Å². The van der Waals surface area contributed by atoms with Gasteiger partial charge in [-0.2, -0.15) is 0 Å². The number of hydrogen-bond acceptors (Lipinski definition) is 2. The first kappa shape index (κ1) is 12.6. The summed E-state index contributed by atoms with van der Waals surface area (Å²) in [5.74, 6) is -0.222. The van der Waals surface area contributed by atoms with Gasteiger partial charge in [-0.05, 0) is 31.7 Å². The fraction of sp³-hybridized carbons (Fsp3) is 0.455. The van der Waals surface area contributed by atoms with Gasteiger partial charge in [-0.15, -0.1) is 0 Å². The molecule has 1 rings (SSSR count). The van der Waals surface area contributed by atoms with Crippen molar-refractivity contribution in [1.82, 2.24) is 4.90 Å². The molecule has 0 heterocycles. The Morgan fingerprint density at radius 1 is 1.53 bits per heavy atom. The molecular weight excluding hydrogens is 259 g/mol. The standard InChI is InChI=1S/C11H16BrFN2/c1-8(14)6-15(2)7-9-3-4-10(13)5-11(9)12/h3-5,8H,6-7,14H2,1-2H3. The van der Waals surface area contributed by atoms with Crippen molar-refractivity contribution in [2.45, 2.75) is 19.5 Å². The van der Waals surface area contributed by atoms with Crippen LogP contribution in [0.1, 0.15) is 12.5 Å². The fourth-order valence-corrected chi connectivity index (χ4v) is 1.97. The van der Waals surface area contributed by atoms with Gasteiger partial charge in [-0.1, -0.05) is 22.0 Å². The van der Waals surface area contributed by atoms with Crippen molar-refractivity contribution < 1.29 is 4.39 Å². The highest BCUT2D eigenvalue weighted by molar-refractivity contribution is 9.10. The number of hydrogen-bond donors (Lipinski definition) is 1. The number of halogens is 2. The van der Waals surface area contributed by atoms with Gasteiger partial charge >= 0.3 is 0 Å². The van der Waals surface area contributed by atoms with E-state index in [-0.39, 0.29) is 11.9 Å². The quantitative estimate of drug-likeness (QED) is 0.914. The second-order valence-corrected chi connectivity index (χ2v) is 4.76. The molecule has 0 aliphatic heterocycles. The first-order valence-electron chi connectivity index (χ1n) is 4.87. The van der Waals surface area contributed by atoms with Gasteiger partial charge in [0.05, 0.1) is 0 Å². The summed E-state index contributed by atoms with van der Waals surface area (Å²) in [6.07, 6.45) is 0. The summed E-state index contributed by atoms with van der Waals surface area (Å²) in [7, 11) is 2.00. The number of benzene rings is 1. The molecule has 2 N–H and O–H groups in total. The maximum Gasteiger partial charge on any atom is 0.124 e. The summed E-state index contributed by atoms with van der Waals surface area (Å²) in [5.41, 5.74) is 6.76. The average molecular weight is 275 g/mol. The van der Waals surface area contributed by atoms with Crippen molar-refractivity contribution in [2.24, 2.45) is 5.73 Å². The molecular formula is C11H16BrFN2. The Hall–Kier alpha value is -0.450. The van der Waals surface area contributed by atoms with Gasteiger partial charge in [0.2, 0.25) is 0 Å². The summed E-state index contributed by atoms with van der Waals surface area (Å²) in [4.78, 5) is 2.11. The van der Waals surface area contributed by atoms with E-state index in [4.69, 9.17) is 5.73 Å². The van der Waals surface area contributed by atoms with Crippen LogP contribution < -0.4 is 5.73 Å². The van der Waals surface area contributed by atoms with Crippen LogP contribution in [0.15, 0.2) is 22.7 Å². The number of rotatable bonds is 4. The lowest BCUT2D eigenvalue weighted by Gasteiger charge is -2.19. The van der Waals surface area contributed by atoms with E-state index in [1.807, 2.05) is 14.0 Å². The van der Waals surface area contributed by atoms with Crippen molar-refractivity contribution >= 4 is 15.9 Å². The molecule has 0 aliphatic rings. The van der Waals surface area contributed by atoms with Crippen LogP contribution in [0.25, 0.3) is 0 Å². The van der Waals surface area contributed by atoms with E-state index in [9.17, 15) is 4.39 Å². The molecule has 0 saturated heterocycles. The third-order valence-electron chi connectivity index (χ3n) is 2.06. The molecule has 1 aromatic rings. The van der Waals surface area contributed by atoms with E-state index in [1.54, 1.807) is 6.07 Å². The van der Waals surface area contributed by atoms with Crippen molar-refractivity contribution in [1.29, 1.82) is 0 Å². The predicted molar refractivity (Wildman–Crippen MR) is 64.1 cm³/mol. The minimum atomic E-state index is -0.222. The van der Waals surface area contributed by atoms with Gasteiger partial charge in [0.25, 0.3) is 0 Å². The Bertz CT molecular complexity index is 328. The highest BCUT2D eigenvalue weighted by atomic mass is 79.9. The fourth-order valence-electron chi connectivity index (χ4n) is 1.50. The second kappa shape index (κ2) is 5.58. The zero-order valence-corrected chi connectivity index (χ0v) is 10.6. The minimum absolute atomic E-state index is 0.147. The highest BCUT2D eigenvalue weighted by Crippen LogP contribution is 2.19. The third kappa shape index (κ3) is 4.28. The summed E-state index contributed by atoms with van der Waals surface area (Å²) in [5, 5.41) is 0. The lowest BCUT2D eigenvalue weighted by Crippen LogP contribution is -2.32. The Morgan fingerprint density at radius 3 is 2.73 bits per heavy atom. The van der Waals surface area contributed by atoms with Crippen LogP contribution in [0.4, 0.5) is 4.39 Å². The van der Waals surface area contributed by atoms with E-state index in [2.05, 4.69) is 20.8 Å². The lowest BCUT2D eigenvalue weighted by molar-refractivity contribution is 0.309. The zero-order chi connectivity index (χ0) is 11.4. The van der Waals surface area contributed by atoms with Crippen LogP contribution in [0, 0.1) is 5.82 Å². The van der Waals surface area contributed by atoms with Crippen molar-refractivity contribution in [2.75, 3.05) is 13.6 Å². The Morgan fingerprint density at radius 2 is 2.20 bits per heavy atom. The summed E-state index contributed by atoms with van der Waals surface area (Å²) >= 11 is 3.34. The van der Waals surface area contributed by atoms with Crippen LogP contribution in [-0.2, 0) is 6.54 Å². The van der Waals surface area contributed by atoms with Crippen molar-refractivity contribution in [3.63, 3.8) is 0 Å². The zero-order valence-electron chi connectivity index (χ0n) is 9.00. The minimum Gasteiger partial charge on any atom is -0.327 e. The molecule has 2 nitrogen and oxygen atoms in total. The largest absolute Gasteiger partial charge is 0.327 e. The van der Waals surface area contributed by atoms with Gasteiger partial charge in [-0.3, -0.25) is 0 Å². The van der Waals surface area contributed by atoms with Crippen molar-refractivity contribution in [3.05, 3.63) is 34.1 Å². The molecule has 15 heavy (non-hydrogen) atoms. The first-order chi connectivity index (χ1) is 6.99. The lowest BCUT2D eigenvalue weighted by atomic mass is 10.2. The summed E-state index contributed by atoms with van der Waals surface area (Å²) in [6, 6.07) is 4.89. The van der Waals surface area contributed by atoms with Gasteiger partial charge in [0.1, 0.15) is 5.82 Å². The molecule has 0 fully saturated rings.